The number of aromatic nitrogens is 2. The number of aliphatic hydroxyl groups excluding tert-OH is 1. The fourth-order valence-corrected chi connectivity index (χ4v) is 2.03. The predicted octanol–water partition coefficient (Wildman–Crippen LogP) is 3.46. The van der Waals surface area contributed by atoms with Gasteiger partial charge in [0.05, 0.1) is 6.61 Å². The molecule has 0 atom stereocenters. The molecule has 0 aliphatic carbocycles. The van der Waals surface area contributed by atoms with Gasteiger partial charge in [-0.2, -0.15) is 0 Å². The molecule has 0 spiro atoms. The standard InChI is InChI=1S/C14H24ClN3O/c1-5-14(6-2,9-19)8-16-12-7-11(15)17-13(18-12)10(3)4/h7,10,19H,5-6,8-9H2,1-4H3,(H,16,17,18). The summed E-state index contributed by atoms with van der Waals surface area (Å²) in [5.74, 6) is 1.69. The van der Waals surface area contributed by atoms with Crippen LogP contribution < -0.4 is 5.32 Å². The fourth-order valence-electron chi connectivity index (χ4n) is 1.84. The lowest BCUT2D eigenvalue weighted by atomic mass is 9.83. The number of hydrogen-bond donors (Lipinski definition) is 2. The maximum Gasteiger partial charge on any atom is 0.135 e. The predicted molar refractivity (Wildman–Crippen MR) is 79.7 cm³/mol. The van der Waals surface area contributed by atoms with Crippen molar-refractivity contribution in [2.45, 2.75) is 46.5 Å². The topological polar surface area (TPSA) is 58.0 Å². The lowest BCUT2D eigenvalue weighted by Crippen LogP contribution is -2.32. The van der Waals surface area contributed by atoms with Crippen molar-refractivity contribution in [3.63, 3.8) is 0 Å². The molecule has 108 valence electrons. The Hall–Kier alpha value is -0.870. The average Bonchev–Trinajstić information content (AvgIpc) is 2.40. The van der Waals surface area contributed by atoms with Gasteiger partial charge in [0.2, 0.25) is 0 Å². The molecule has 0 aromatic carbocycles. The third kappa shape index (κ3) is 4.32. The van der Waals surface area contributed by atoms with Crippen molar-refractivity contribution in [2.24, 2.45) is 5.41 Å². The molecule has 1 aromatic heterocycles. The molecule has 0 aliphatic heterocycles. The van der Waals surface area contributed by atoms with Crippen molar-refractivity contribution in [3.05, 3.63) is 17.0 Å². The highest BCUT2D eigenvalue weighted by atomic mass is 35.5. The minimum absolute atomic E-state index is 0.102. The van der Waals surface area contributed by atoms with Crippen molar-refractivity contribution < 1.29 is 5.11 Å². The number of nitrogens with zero attached hydrogens (tertiary/aromatic N) is 2. The van der Waals surface area contributed by atoms with Crippen LogP contribution in [0.25, 0.3) is 0 Å². The van der Waals surface area contributed by atoms with E-state index in [1.54, 1.807) is 6.07 Å². The van der Waals surface area contributed by atoms with Gasteiger partial charge in [0.1, 0.15) is 16.8 Å². The van der Waals surface area contributed by atoms with Gasteiger partial charge in [-0.25, -0.2) is 9.97 Å². The summed E-state index contributed by atoms with van der Waals surface area (Å²) in [7, 11) is 0. The van der Waals surface area contributed by atoms with Gasteiger partial charge in [0.15, 0.2) is 0 Å². The van der Waals surface area contributed by atoms with Crippen molar-refractivity contribution >= 4 is 17.4 Å². The molecule has 4 nitrogen and oxygen atoms in total. The van der Waals surface area contributed by atoms with Gasteiger partial charge in [-0.05, 0) is 12.8 Å². The van der Waals surface area contributed by atoms with E-state index in [1.807, 2.05) is 13.8 Å². The van der Waals surface area contributed by atoms with Crippen LogP contribution in [0.4, 0.5) is 5.82 Å². The van der Waals surface area contributed by atoms with Crippen LogP contribution in [-0.2, 0) is 0 Å². The fraction of sp³-hybridized carbons (Fsp3) is 0.714. The molecule has 0 unspecified atom stereocenters. The minimum atomic E-state index is -0.102. The first-order valence-electron chi connectivity index (χ1n) is 6.85. The quantitative estimate of drug-likeness (QED) is 0.753. The molecule has 19 heavy (non-hydrogen) atoms. The van der Waals surface area contributed by atoms with Crippen LogP contribution in [0.3, 0.4) is 0 Å². The van der Waals surface area contributed by atoms with Crippen molar-refractivity contribution in [1.29, 1.82) is 0 Å². The second-order valence-electron chi connectivity index (χ2n) is 5.31. The third-order valence-electron chi connectivity index (χ3n) is 3.71. The average molecular weight is 286 g/mol. The minimum Gasteiger partial charge on any atom is -0.396 e. The largest absolute Gasteiger partial charge is 0.396 e. The van der Waals surface area contributed by atoms with Crippen molar-refractivity contribution in [2.75, 3.05) is 18.5 Å². The second-order valence-corrected chi connectivity index (χ2v) is 5.69. The number of nitrogens with one attached hydrogen (secondary N) is 1. The summed E-state index contributed by atoms with van der Waals surface area (Å²) in [6.07, 6.45) is 1.84. The van der Waals surface area contributed by atoms with E-state index in [2.05, 4.69) is 29.1 Å². The van der Waals surface area contributed by atoms with E-state index >= 15 is 0 Å². The van der Waals surface area contributed by atoms with E-state index in [0.29, 0.717) is 11.7 Å². The Morgan fingerprint density at radius 2 is 1.95 bits per heavy atom. The van der Waals surface area contributed by atoms with Crippen LogP contribution in [0, 0.1) is 5.41 Å². The molecule has 0 amide bonds. The van der Waals surface area contributed by atoms with Crippen LogP contribution in [0.15, 0.2) is 6.07 Å². The summed E-state index contributed by atoms with van der Waals surface area (Å²) < 4.78 is 0. The monoisotopic (exact) mass is 285 g/mol. The lowest BCUT2D eigenvalue weighted by Gasteiger charge is -2.29. The summed E-state index contributed by atoms with van der Waals surface area (Å²) in [5, 5.41) is 13.3. The van der Waals surface area contributed by atoms with Crippen molar-refractivity contribution in [1.82, 2.24) is 9.97 Å². The first kappa shape index (κ1) is 16.2. The normalized spacial score (nSPS) is 11.9. The van der Waals surface area contributed by atoms with E-state index in [0.717, 1.165) is 24.5 Å². The number of halogens is 1. The molecule has 2 N–H and O–H groups in total. The Labute approximate surface area is 120 Å². The second kappa shape index (κ2) is 7.06. The van der Waals surface area contributed by atoms with E-state index in [9.17, 15) is 5.11 Å². The molecule has 0 saturated carbocycles. The highest BCUT2D eigenvalue weighted by molar-refractivity contribution is 6.29. The van der Waals surface area contributed by atoms with Crippen LogP contribution in [-0.4, -0.2) is 28.2 Å². The Morgan fingerprint density at radius 1 is 1.32 bits per heavy atom. The lowest BCUT2D eigenvalue weighted by molar-refractivity contribution is 0.127. The maximum atomic E-state index is 9.55. The molecule has 0 saturated heterocycles. The third-order valence-corrected chi connectivity index (χ3v) is 3.90. The van der Waals surface area contributed by atoms with E-state index < -0.39 is 0 Å². The van der Waals surface area contributed by atoms with Crippen LogP contribution in [0.5, 0.6) is 0 Å². The van der Waals surface area contributed by atoms with Gasteiger partial charge in [0, 0.05) is 23.9 Å². The molecule has 0 radical (unpaired) electrons. The van der Waals surface area contributed by atoms with Gasteiger partial charge in [0.25, 0.3) is 0 Å². The molecule has 5 heteroatoms. The molecular formula is C14H24ClN3O. The van der Waals surface area contributed by atoms with Crippen LogP contribution in [0.2, 0.25) is 5.15 Å². The van der Waals surface area contributed by atoms with Crippen LogP contribution in [0.1, 0.15) is 52.3 Å². The molecular weight excluding hydrogens is 262 g/mol. The van der Waals surface area contributed by atoms with Crippen molar-refractivity contribution in [3.8, 4) is 0 Å². The number of rotatable bonds is 7. The first-order chi connectivity index (χ1) is 8.96. The molecule has 1 heterocycles. The molecule has 0 aliphatic rings. The number of aliphatic hydroxyl groups is 1. The molecule has 0 bridgehead atoms. The van der Waals surface area contributed by atoms with Gasteiger partial charge < -0.3 is 10.4 Å². The van der Waals surface area contributed by atoms with E-state index in [1.165, 1.54) is 0 Å². The molecule has 1 aromatic rings. The van der Waals surface area contributed by atoms with Gasteiger partial charge in [-0.1, -0.05) is 39.3 Å². The Kier molecular flexibility index (Phi) is 6.01. The van der Waals surface area contributed by atoms with E-state index in [4.69, 9.17) is 11.6 Å². The Balaban J connectivity index is 2.82. The summed E-state index contributed by atoms with van der Waals surface area (Å²) >= 11 is 6.01. The Morgan fingerprint density at radius 3 is 2.42 bits per heavy atom. The smallest absolute Gasteiger partial charge is 0.135 e. The zero-order valence-corrected chi connectivity index (χ0v) is 13.0. The zero-order chi connectivity index (χ0) is 14.5. The van der Waals surface area contributed by atoms with Gasteiger partial charge in [-0.3, -0.25) is 0 Å². The van der Waals surface area contributed by atoms with E-state index in [-0.39, 0.29) is 17.9 Å². The highest BCUT2D eigenvalue weighted by Gasteiger charge is 2.25. The summed E-state index contributed by atoms with van der Waals surface area (Å²) in [5.41, 5.74) is -0.102. The number of anilines is 1. The summed E-state index contributed by atoms with van der Waals surface area (Å²) in [4.78, 5) is 8.65. The highest BCUT2D eigenvalue weighted by Crippen LogP contribution is 2.26. The molecule has 0 fully saturated rings. The van der Waals surface area contributed by atoms with Crippen LogP contribution >= 0.6 is 11.6 Å². The van der Waals surface area contributed by atoms with Gasteiger partial charge >= 0.3 is 0 Å². The zero-order valence-electron chi connectivity index (χ0n) is 12.2. The van der Waals surface area contributed by atoms with Gasteiger partial charge in [-0.15, -0.1) is 0 Å². The number of hydrogen-bond acceptors (Lipinski definition) is 4. The molecule has 1 rings (SSSR count). The Bertz CT molecular complexity index is 397. The maximum absolute atomic E-state index is 9.55. The summed E-state index contributed by atoms with van der Waals surface area (Å²) in [6, 6.07) is 1.72. The first-order valence-corrected chi connectivity index (χ1v) is 7.23. The SMILES string of the molecule is CCC(CC)(CO)CNc1cc(Cl)nc(C(C)C)n1. The summed E-state index contributed by atoms with van der Waals surface area (Å²) in [6.45, 7) is 9.10.